The first-order valence-corrected chi connectivity index (χ1v) is 11.7. The number of rotatable bonds is 6. The molecule has 0 bridgehead atoms. The first kappa shape index (κ1) is 20.9. The molecule has 2 saturated carbocycles. The largest absolute Gasteiger partial charge is 0.361 e. The zero-order valence-corrected chi connectivity index (χ0v) is 19.2. The van der Waals surface area contributed by atoms with Gasteiger partial charge in [0.1, 0.15) is 0 Å². The fraction of sp³-hybridized carbons (Fsp3) is 0.417. The maximum atomic E-state index is 13.3. The molecule has 0 atom stereocenters. The van der Waals surface area contributed by atoms with Crippen molar-refractivity contribution in [1.29, 1.82) is 0 Å². The predicted octanol–water partition coefficient (Wildman–Crippen LogP) is 3.94. The number of nitrogens with one attached hydrogen (secondary N) is 3. The normalized spacial score (nSPS) is 15.7. The summed E-state index contributed by atoms with van der Waals surface area (Å²) in [6.45, 7) is 4.94. The molecule has 166 valence electrons. The summed E-state index contributed by atoms with van der Waals surface area (Å²) in [5, 5.41) is 9.31. The topological polar surface area (TPSA) is 83.9 Å². The predicted molar refractivity (Wildman–Crippen MR) is 129 cm³/mol. The van der Waals surface area contributed by atoms with Crippen LogP contribution in [0, 0.1) is 5.92 Å². The molecule has 5 rings (SSSR count). The molecule has 2 aliphatic carbocycles. The molecule has 1 amide bonds. The Morgan fingerprint density at radius 2 is 1.84 bits per heavy atom. The summed E-state index contributed by atoms with van der Waals surface area (Å²) in [5.74, 6) is 1.03. The van der Waals surface area contributed by atoms with Gasteiger partial charge in [0.05, 0.1) is 22.3 Å². The molecule has 32 heavy (non-hydrogen) atoms. The lowest BCUT2D eigenvalue weighted by Crippen LogP contribution is -2.47. The number of pyridine rings is 1. The molecular weight excluding hydrogens is 420 g/mol. The van der Waals surface area contributed by atoms with Gasteiger partial charge in [0.15, 0.2) is 10.8 Å². The Morgan fingerprint density at radius 1 is 1.12 bits per heavy atom. The van der Waals surface area contributed by atoms with Crippen LogP contribution in [0.1, 0.15) is 73.1 Å². The number of carbonyl (C=O) groups is 1. The Morgan fingerprint density at radius 3 is 2.50 bits per heavy atom. The van der Waals surface area contributed by atoms with E-state index in [0.29, 0.717) is 28.4 Å². The van der Waals surface area contributed by atoms with Crippen molar-refractivity contribution in [3.8, 4) is 5.69 Å². The van der Waals surface area contributed by atoms with Crippen LogP contribution in [-0.2, 0) is 0 Å². The SMILES string of the molecule is CC(C)CNC(=S)NNC(=O)c1cc(C2CC2)nc2c1c(C1CC1)nn2-c1ccccc1. The fourth-order valence-electron chi connectivity index (χ4n) is 3.84. The van der Waals surface area contributed by atoms with E-state index in [9.17, 15) is 4.79 Å². The first-order valence-electron chi connectivity index (χ1n) is 11.3. The highest BCUT2D eigenvalue weighted by Crippen LogP contribution is 2.45. The zero-order valence-electron chi connectivity index (χ0n) is 18.4. The molecule has 0 saturated heterocycles. The molecule has 2 aliphatic rings. The Bertz CT molecular complexity index is 1160. The lowest BCUT2D eigenvalue weighted by atomic mass is 10.1. The highest BCUT2D eigenvalue weighted by Gasteiger charge is 2.34. The highest BCUT2D eigenvalue weighted by molar-refractivity contribution is 7.80. The molecule has 0 aliphatic heterocycles. The van der Waals surface area contributed by atoms with Gasteiger partial charge >= 0.3 is 0 Å². The summed E-state index contributed by atoms with van der Waals surface area (Å²) in [5.41, 5.74) is 9.86. The van der Waals surface area contributed by atoms with Gasteiger partial charge in [-0.2, -0.15) is 5.10 Å². The van der Waals surface area contributed by atoms with E-state index in [-0.39, 0.29) is 5.91 Å². The smallest absolute Gasteiger partial charge is 0.270 e. The molecule has 0 radical (unpaired) electrons. The highest BCUT2D eigenvalue weighted by atomic mass is 32.1. The van der Waals surface area contributed by atoms with E-state index in [1.807, 2.05) is 41.1 Å². The van der Waals surface area contributed by atoms with E-state index >= 15 is 0 Å². The van der Waals surface area contributed by atoms with E-state index in [1.54, 1.807) is 0 Å². The van der Waals surface area contributed by atoms with E-state index in [1.165, 1.54) is 0 Å². The Balaban J connectivity index is 1.53. The number of carbonyl (C=O) groups excluding carboxylic acids is 1. The summed E-state index contributed by atoms with van der Waals surface area (Å²) in [6.07, 6.45) is 4.40. The van der Waals surface area contributed by atoms with Crippen molar-refractivity contribution >= 4 is 34.3 Å². The molecule has 3 N–H and O–H groups in total. The minimum absolute atomic E-state index is 0.220. The number of benzene rings is 1. The van der Waals surface area contributed by atoms with E-state index < -0.39 is 0 Å². The monoisotopic (exact) mass is 448 g/mol. The van der Waals surface area contributed by atoms with Crippen LogP contribution in [0.15, 0.2) is 36.4 Å². The molecule has 3 aromatic rings. The van der Waals surface area contributed by atoms with Gasteiger partial charge in [0, 0.05) is 24.1 Å². The van der Waals surface area contributed by atoms with E-state index in [0.717, 1.165) is 60.3 Å². The number of para-hydroxylation sites is 1. The van der Waals surface area contributed by atoms with Crippen LogP contribution in [0.2, 0.25) is 0 Å². The molecular formula is C24H28N6OS. The molecule has 0 spiro atoms. The van der Waals surface area contributed by atoms with Gasteiger partial charge in [0.25, 0.3) is 5.91 Å². The standard InChI is InChI=1S/C24H28N6OS/c1-14(2)13-25-24(32)28-27-23(31)18-12-19(15-8-9-15)26-22-20(18)21(16-10-11-16)29-30(22)17-6-4-3-5-7-17/h3-7,12,14-16H,8-11,13H2,1-2H3,(H,27,31)(H2,25,28,32). The number of hydrogen-bond donors (Lipinski definition) is 3. The van der Waals surface area contributed by atoms with Crippen molar-refractivity contribution < 1.29 is 4.79 Å². The average molecular weight is 449 g/mol. The molecule has 8 heteroatoms. The third-order valence-corrected chi connectivity index (χ3v) is 6.10. The van der Waals surface area contributed by atoms with Crippen molar-refractivity contribution in [2.45, 2.75) is 51.4 Å². The van der Waals surface area contributed by atoms with Gasteiger partial charge in [0.2, 0.25) is 0 Å². The summed E-state index contributed by atoms with van der Waals surface area (Å²) in [4.78, 5) is 18.3. The van der Waals surface area contributed by atoms with Gasteiger partial charge in [-0.15, -0.1) is 0 Å². The van der Waals surface area contributed by atoms with Gasteiger partial charge in [-0.25, -0.2) is 9.67 Å². The minimum atomic E-state index is -0.220. The molecule has 2 fully saturated rings. The second-order valence-corrected chi connectivity index (χ2v) is 9.57. The summed E-state index contributed by atoms with van der Waals surface area (Å²) in [6, 6.07) is 12.0. The quantitative estimate of drug-likeness (QED) is 0.391. The molecule has 1 aromatic carbocycles. The number of hydrogen-bond acceptors (Lipinski definition) is 4. The summed E-state index contributed by atoms with van der Waals surface area (Å²) >= 11 is 5.29. The van der Waals surface area contributed by atoms with Gasteiger partial charge < -0.3 is 5.32 Å². The van der Waals surface area contributed by atoms with Crippen LogP contribution in [0.3, 0.4) is 0 Å². The number of amides is 1. The van der Waals surface area contributed by atoms with Crippen LogP contribution < -0.4 is 16.2 Å². The minimum Gasteiger partial charge on any atom is -0.361 e. The maximum absolute atomic E-state index is 13.3. The van der Waals surface area contributed by atoms with Crippen LogP contribution in [0.5, 0.6) is 0 Å². The average Bonchev–Trinajstić information content (AvgIpc) is 3.73. The van der Waals surface area contributed by atoms with Crippen molar-refractivity contribution in [3.05, 3.63) is 53.3 Å². The fourth-order valence-corrected chi connectivity index (χ4v) is 3.98. The number of hydrazine groups is 1. The van der Waals surface area contributed by atoms with Crippen LogP contribution in [0.4, 0.5) is 0 Å². The lowest BCUT2D eigenvalue weighted by Gasteiger charge is -2.14. The summed E-state index contributed by atoms with van der Waals surface area (Å²) in [7, 11) is 0. The van der Waals surface area contributed by atoms with Crippen molar-refractivity contribution in [3.63, 3.8) is 0 Å². The van der Waals surface area contributed by atoms with E-state index in [4.69, 9.17) is 22.3 Å². The zero-order chi connectivity index (χ0) is 22.2. The molecule has 2 heterocycles. The van der Waals surface area contributed by atoms with Gasteiger partial charge in [-0.05, 0) is 62.0 Å². The van der Waals surface area contributed by atoms with Crippen molar-refractivity contribution in [2.24, 2.45) is 5.92 Å². The lowest BCUT2D eigenvalue weighted by molar-refractivity contribution is 0.0945. The second kappa shape index (κ2) is 8.50. The van der Waals surface area contributed by atoms with Gasteiger partial charge in [-0.1, -0.05) is 32.0 Å². The number of aromatic nitrogens is 3. The number of thiocarbonyl (C=S) groups is 1. The Labute approximate surface area is 193 Å². The van der Waals surface area contributed by atoms with Crippen molar-refractivity contribution in [1.82, 2.24) is 30.9 Å². The number of fused-ring (bicyclic) bond motifs is 1. The van der Waals surface area contributed by atoms with E-state index in [2.05, 4.69) is 30.0 Å². The first-order chi connectivity index (χ1) is 15.5. The van der Waals surface area contributed by atoms with Crippen LogP contribution >= 0.6 is 12.2 Å². The molecule has 0 unspecified atom stereocenters. The van der Waals surface area contributed by atoms with Crippen molar-refractivity contribution in [2.75, 3.05) is 6.54 Å². The molecule has 7 nitrogen and oxygen atoms in total. The molecule has 2 aromatic heterocycles. The Hall–Kier alpha value is -3.00. The van der Waals surface area contributed by atoms with Gasteiger partial charge in [-0.3, -0.25) is 15.6 Å². The third-order valence-electron chi connectivity index (χ3n) is 5.85. The number of nitrogens with zero attached hydrogens (tertiary/aromatic N) is 3. The second-order valence-electron chi connectivity index (χ2n) is 9.16. The maximum Gasteiger partial charge on any atom is 0.270 e. The van der Waals surface area contributed by atoms with Crippen LogP contribution in [0.25, 0.3) is 16.7 Å². The summed E-state index contributed by atoms with van der Waals surface area (Å²) < 4.78 is 1.90. The van der Waals surface area contributed by atoms with Crippen LogP contribution in [-0.4, -0.2) is 32.3 Å². The Kier molecular flexibility index (Phi) is 5.55. The third kappa shape index (κ3) is 4.32.